The molecule has 0 spiro atoms. The van der Waals surface area contributed by atoms with E-state index in [2.05, 4.69) is 11.9 Å². The summed E-state index contributed by atoms with van der Waals surface area (Å²) in [6.07, 6.45) is -5.33. The van der Waals surface area contributed by atoms with Gasteiger partial charge in [-0.3, -0.25) is 4.79 Å². The van der Waals surface area contributed by atoms with E-state index in [0.29, 0.717) is 0 Å². The van der Waals surface area contributed by atoms with E-state index in [0.717, 1.165) is 0 Å². The lowest BCUT2D eigenvalue weighted by Gasteiger charge is -2.41. The Morgan fingerprint density at radius 2 is 1.90 bits per heavy atom. The summed E-state index contributed by atoms with van der Waals surface area (Å²) < 4.78 is 10.2. The van der Waals surface area contributed by atoms with Gasteiger partial charge in [-0.1, -0.05) is 6.58 Å². The third-order valence-corrected chi connectivity index (χ3v) is 2.82. The van der Waals surface area contributed by atoms with Crippen LogP contribution in [0.4, 0.5) is 0 Å². The summed E-state index contributed by atoms with van der Waals surface area (Å²) >= 11 is 0. The van der Waals surface area contributed by atoms with Gasteiger partial charge in [0, 0.05) is 12.5 Å². The molecule has 1 heterocycles. The molecule has 0 aliphatic carbocycles. The molecule has 114 valence electrons. The lowest BCUT2D eigenvalue weighted by Crippen LogP contribution is -2.64. The first-order chi connectivity index (χ1) is 9.27. The molecule has 1 aliphatic heterocycles. The van der Waals surface area contributed by atoms with Gasteiger partial charge in [-0.25, -0.2) is 4.79 Å². The number of aliphatic hydroxyl groups is 3. The van der Waals surface area contributed by atoms with Crippen molar-refractivity contribution < 1.29 is 34.4 Å². The summed E-state index contributed by atoms with van der Waals surface area (Å²) in [5.74, 6) is -1.27. The Hall–Kier alpha value is -1.48. The number of aliphatic hydroxyl groups excluding tert-OH is 3. The Kier molecular flexibility index (Phi) is 5.63. The normalized spacial score (nSPS) is 33.4. The molecule has 0 bridgehead atoms. The monoisotopic (exact) mass is 289 g/mol. The van der Waals surface area contributed by atoms with E-state index in [-0.39, 0.29) is 5.57 Å². The van der Waals surface area contributed by atoms with Crippen LogP contribution in [-0.4, -0.2) is 64.4 Å². The van der Waals surface area contributed by atoms with Gasteiger partial charge in [0.2, 0.25) is 12.2 Å². The number of rotatable bonds is 4. The van der Waals surface area contributed by atoms with Crippen molar-refractivity contribution in [1.82, 2.24) is 5.32 Å². The van der Waals surface area contributed by atoms with Crippen molar-refractivity contribution in [3.8, 4) is 0 Å². The molecule has 5 atom stereocenters. The van der Waals surface area contributed by atoms with E-state index in [4.69, 9.17) is 14.6 Å². The Morgan fingerprint density at radius 3 is 2.35 bits per heavy atom. The summed E-state index contributed by atoms with van der Waals surface area (Å²) in [7, 11) is 0. The highest BCUT2D eigenvalue weighted by molar-refractivity contribution is 5.87. The smallest absolute Gasteiger partial charge is 0.335 e. The molecule has 1 aliphatic rings. The molecule has 0 unspecified atom stereocenters. The number of ether oxygens (including phenoxy) is 2. The maximum atomic E-state index is 11.5. The fourth-order valence-corrected chi connectivity index (χ4v) is 1.78. The minimum atomic E-state index is -1.45. The van der Waals surface area contributed by atoms with E-state index < -0.39 is 49.1 Å². The first-order valence-electron chi connectivity index (χ1n) is 6.04. The van der Waals surface area contributed by atoms with Gasteiger partial charge in [0.05, 0.1) is 6.61 Å². The largest absolute Gasteiger partial charge is 0.430 e. The molecule has 8 heteroatoms. The van der Waals surface area contributed by atoms with Gasteiger partial charge in [0.25, 0.3) is 0 Å². The Balaban J connectivity index is 2.91. The standard InChI is InChI=1S/C12H19NO7/c1-5(2)11(18)20-12-8(13-6(3)15)10(17)9(16)7(4-14)19-12/h7-10,12,14,16-17H,1,4H2,2-3H3,(H,13,15)/t7-,8-,9-,10-,12-/m1/s1. The highest BCUT2D eigenvalue weighted by atomic mass is 16.7. The van der Waals surface area contributed by atoms with Crippen molar-refractivity contribution in [2.75, 3.05) is 6.61 Å². The zero-order valence-electron chi connectivity index (χ0n) is 11.3. The van der Waals surface area contributed by atoms with Crippen LogP contribution in [0.15, 0.2) is 12.2 Å². The lowest BCUT2D eigenvalue weighted by atomic mass is 9.97. The van der Waals surface area contributed by atoms with Gasteiger partial charge in [-0.2, -0.15) is 0 Å². The molecule has 0 saturated carbocycles. The molecule has 0 aromatic carbocycles. The number of amides is 1. The van der Waals surface area contributed by atoms with Crippen molar-refractivity contribution in [2.24, 2.45) is 0 Å². The van der Waals surface area contributed by atoms with Crippen molar-refractivity contribution in [2.45, 2.75) is 44.5 Å². The Morgan fingerprint density at radius 1 is 1.30 bits per heavy atom. The summed E-state index contributed by atoms with van der Waals surface area (Å²) in [6.45, 7) is 5.45. The predicted octanol–water partition coefficient (Wildman–Crippen LogP) is -1.95. The minimum Gasteiger partial charge on any atom is -0.430 e. The molecule has 20 heavy (non-hydrogen) atoms. The van der Waals surface area contributed by atoms with Crippen LogP contribution >= 0.6 is 0 Å². The predicted molar refractivity (Wildman–Crippen MR) is 66.3 cm³/mol. The second-order valence-corrected chi connectivity index (χ2v) is 4.62. The van der Waals surface area contributed by atoms with Crippen LogP contribution in [-0.2, 0) is 19.1 Å². The first-order valence-corrected chi connectivity index (χ1v) is 6.04. The van der Waals surface area contributed by atoms with E-state index in [9.17, 15) is 19.8 Å². The van der Waals surface area contributed by atoms with E-state index in [1.165, 1.54) is 13.8 Å². The molecule has 1 amide bonds. The molecule has 0 aromatic rings. The van der Waals surface area contributed by atoms with Crippen molar-refractivity contribution in [3.63, 3.8) is 0 Å². The van der Waals surface area contributed by atoms with Crippen LogP contribution in [0.3, 0.4) is 0 Å². The molecule has 0 aromatic heterocycles. The van der Waals surface area contributed by atoms with Gasteiger partial charge in [0.1, 0.15) is 24.4 Å². The summed E-state index contributed by atoms with van der Waals surface area (Å²) in [5, 5.41) is 31.1. The van der Waals surface area contributed by atoms with E-state index >= 15 is 0 Å². The maximum absolute atomic E-state index is 11.5. The third-order valence-electron chi connectivity index (χ3n) is 2.82. The number of nitrogens with one attached hydrogen (secondary N) is 1. The van der Waals surface area contributed by atoms with Crippen molar-refractivity contribution in [1.29, 1.82) is 0 Å². The summed E-state index contributed by atoms with van der Waals surface area (Å²) in [6, 6.07) is -1.14. The zero-order chi connectivity index (χ0) is 15.4. The average Bonchev–Trinajstić information content (AvgIpc) is 2.37. The summed E-state index contributed by atoms with van der Waals surface area (Å²) in [4.78, 5) is 22.6. The number of carbonyl (C=O) groups excluding carboxylic acids is 2. The van der Waals surface area contributed by atoms with Crippen LogP contribution in [0.25, 0.3) is 0 Å². The molecule has 8 nitrogen and oxygen atoms in total. The molecule has 0 radical (unpaired) electrons. The van der Waals surface area contributed by atoms with Crippen LogP contribution < -0.4 is 5.32 Å². The van der Waals surface area contributed by atoms with E-state index in [1.807, 2.05) is 0 Å². The number of esters is 1. The lowest BCUT2D eigenvalue weighted by molar-refractivity contribution is -0.261. The fraction of sp³-hybridized carbons (Fsp3) is 0.667. The first kappa shape index (κ1) is 16.6. The van der Waals surface area contributed by atoms with Gasteiger partial charge >= 0.3 is 5.97 Å². The third kappa shape index (κ3) is 3.76. The number of hydrogen-bond acceptors (Lipinski definition) is 7. The van der Waals surface area contributed by atoms with Crippen molar-refractivity contribution >= 4 is 11.9 Å². The van der Waals surface area contributed by atoms with Crippen molar-refractivity contribution in [3.05, 3.63) is 12.2 Å². The minimum absolute atomic E-state index is 0.108. The molecule has 1 fully saturated rings. The zero-order valence-corrected chi connectivity index (χ0v) is 11.3. The SMILES string of the molecule is C=C(C)C(=O)O[C@H]1O[C@H](CO)[C@@H](O)[C@H](O)[C@H]1NC(C)=O. The van der Waals surface area contributed by atoms with Gasteiger partial charge in [-0.15, -0.1) is 0 Å². The number of carbonyl (C=O) groups is 2. The molecule has 4 N–H and O–H groups in total. The maximum Gasteiger partial charge on any atom is 0.335 e. The highest BCUT2D eigenvalue weighted by Gasteiger charge is 2.46. The molecular formula is C12H19NO7. The second kappa shape index (κ2) is 6.80. The fourth-order valence-electron chi connectivity index (χ4n) is 1.78. The molecule has 1 saturated heterocycles. The Labute approximate surface area is 116 Å². The topological polar surface area (TPSA) is 125 Å². The van der Waals surface area contributed by atoms with E-state index in [1.54, 1.807) is 0 Å². The van der Waals surface area contributed by atoms with Crippen LogP contribution in [0.5, 0.6) is 0 Å². The Bertz CT molecular complexity index is 397. The quantitative estimate of drug-likeness (QED) is 0.350. The average molecular weight is 289 g/mol. The van der Waals surface area contributed by atoms with Crippen LogP contribution in [0.2, 0.25) is 0 Å². The number of hydrogen-bond donors (Lipinski definition) is 4. The molecular weight excluding hydrogens is 270 g/mol. The second-order valence-electron chi connectivity index (χ2n) is 4.62. The van der Waals surface area contributed by atoms with Gasteiger partial charge in [0.15, 0.2) is 0 Å². The molecule has 1 rings (SSSR count). The van der Waals surface area contributed by atoms with Crippen LogP contribution in [0, 0.1) is 0 Å². The highest BCUT2D eigenvalue weighted by Crippen LogP contribution is 2.22. The van der Waals surface area contributed by atoms with Gasteiger partial charge in [-0.05, 0) is 6.92 Å². The van der Waals surface area contributed by atoms with Crippen LogP contribution in [0.1, 0.15) is 13.8 Å². The van der Waals surface area contributed by atoms with Gasteiger partial charge < -0.3 is 30.1 Å². The summed E-state index contributed by atoms with van der Waals surface area (Å²) in [5.41, 5.74) is 0.108.